The highest BCUT2D eigenvalue weighted by Gasteiger charge is 2.12. The van der Waals surface area contributed by atoms with Crippen LogP contribution in [0, 0.1) is 0 Å². The highest BCUT2D eigenvalue weighted by Crippen LogP contribution is 2.39. The van der Waals surface area contributed by atoms with Gasteiger partial charge in [-0.2, -0.15) is 0 Å². The minimum absolute atomic E-state index is 0.300. The van der Waals surface area contributed by atoms with Crippen molar-refractivity contribution < 1.29 is 5.11 Å². The summed E-state index contributed by atoms with van der Waals surface area (Å²) in [6.45, 7) is 0. The van der Waals surface area contributed by atoms with Gasteiger partial charge in [-0.05, 0) is 194 Å². The lowest BCUT2D eigenvalue weighted by Crippen LogP contribution is -1.85. The quantitative estimate of drug-likeness (QED) is 0.143. The Labute approximate surface area is 281 Å². The molecule has 0 aliphatic carbocycles. The molecule has 11 rings (SSSR count). The number of phenolic OH excluding ortho intramolecular Hbond substituents is 1. The number of para-hydroxylation sites is 1. The first-order valence-electron chi connectivity index (χ1n) is 16.9. The number of phenols is 1. The minimum atomic E-state index is 0.300. The maximum atomic E-state index is 10.7. The number of aromatic hydroxyl groups is 1. The molecule has 226 valence electrons. The Balaban J connectivity index is 1.11. The molecule has 0 unspecified atom stereocenters. The topological polar surface area (TPSA) is 20.2 Å². The molecule has 0 bridgehead atoms. The van der Waals surface area contributed by atoms with E-state index in [0.717, 1.165) is 16.5 Å². The molecule has 0 radical (unpaired) electrons. The van der Waals surface area contributed by atoms with E-state index in [9.17, 15) is 5.11 Å². The van der Waals surface area contributed by atoms with E-state index in [1.165, 1.54) is 91.6 Å². The molecule has 11 aromatic carbocycles. The summed E-state index contributed by atoms with van der Waals surface area (Å²) in [6, 6.07) is 59.7. The van der Waals surface area contributed by atoms with Crippen LogP contribution in [0.4, 0.5) is 0 Å². The molecule has 1 heteroatoms. The smallest absolute Gasteiger partial charge is 0.123 e. The number of hydrogen-bond acceptors (Lipinski definition) is 1. The molecule has 0 aliphatic rings. The van der Waals surface area contributed by atoms with Gasteiger partial charge in [0.1, 0.15) is 5.75 Å². The summed E-state index contributed by atoms with van der Waals surface area (Å²) in [4.78, 5) is 0. The van der Waals surface area contributed by atoms with Crippen molar-refractivity contribution in [3.8, 4) is 16.9 Å². The Morgan fingerprint density at radius 3 is 1.04 bits per heavy atom. The SMILES string of the molecule is Oc1ccccc1-c1cccc2cc3cc4cc5ccc6cc7cc8cc9cc%10ccccc%10cc9cc8cc7cc6c5cc4cc3cc12. The van der Waals surface area contributed by atoms with Gasteiger partial charge in [-0.25, -0.2) is 0 Å². The molecule has 0 amide bonds. The monoisotopic (exact) mass is 620 g/mol. The van der Waals surface area contributed by atoms with Gasteiger partial charge < -0.3 is 5.11 Å². The summed E-state index contributed by atoms with van der Waals surface area (Å²) in [5.74, 6) is 0.300. The van der Waals surface area contributed by atoms with Crippen molar-refractivity contribution in [3.63, 3.8) is 0 Å². The normalized spacial score (nSPS) is 12.2. The van der Waals surface area contributed by atoms with Crippen molar-refractivity contribution in [1.29, 1.82) is 0 Å². The zero-order valence-electron chi connectivity index (χ0n) is 26.5. The first kappa shape index (κ1) is 26.6. The predicted octanol–water partition coefficient (Wildman–Crippen LogP) is 13.4. The lowest BCUT2D eigenvalue weighted by atomic mass is 9.92. The van der Waals surface area contributed by atoms with E-state index in [1.54, 1.807) is 6.07 Å². The van der Waals surface area contributed by atoms with Gasteiger partial charge in [0.2, 0.25) is 0 Å². The van der Waals surface area contributed by atoms with E-state index in [2.05, 4.69) is 140 Å². The molecule has 1 nitrogen and oxygen atoms in total. The summed E-state index contributed by atoms with van der Waals surface area (Å²) in [5, 5.41) is 33.1. The van der Waals surface area contributed by atoms with Crippen molar-refractivity contribution in [2.45, 2.75) is 0 Å². The van der Waals surface area contributed by atoms with Crippen LogP contribution in [0.2, 0.25) is 0 Å². The maximum absolute atomic E-state index is 10.7. The van der Waals surface area contributed by atoms with Crippen molar-refractivity contribution >= 4 is 97.0 Å². The van der Waals surface area contributed by atoms with Gasteiger partial charge in [0, 0.05) is 5.56 Å². The van der Waals surface area contributed by atoms with E-state index in [0.29, 0.717) is 5.75 Å². The molecule has 0 aromatic heterocycles. The van der Waals surface area contributed by atoms with Gasteiger partial charge in [-0.15, -0.1) is 0 Å². The molecule has 1 N–H and O–H groups in total. The van der Waals surface area contributed by atoms with Gasteiger partial charge in [0.15, 0.2) is 0 Å². The average Bonchev–Trinajstić information content (AvgIpc) is 3.12. The van der Waals surface area contributed by atoms with E-state index in [4.69, 9.17) is 0 Å². The van der Waals surface area contributed by atoms with Crippen molar-refractivity contribution in [2.75, 3.05) is 0 Å². The molecule has 49 heavy (non-hydrogen) atoms. The van der Waals surface area contributed by atoms with Gasteiger partial charge in [-0.3, -0.25) is 0 Å². The molecule has 0 spiro atoms. The van der Waals surface area contributed by atoms with Gasteiger partial charge in [0.05, 0.1) is 0 Å². The Bertz CT molecular complexity index is 3220. The molecule has 0 heterocycles. The third-order valence-electron chi connectivity index (χ3n) is 10.7. The maximum Gasteiger partial charge on any atom is 0.123 e. The summed E-state index contributed by atoms with van der Waals surface area (Å²) in [7, 11) is 0. The van der Waals surface area contributed by atoms with Crippen LogP contribution < -0.4 is 0 Å². The third-order valence-corrected chi connectivity index (χ3v) is 10.7. The van der Waals surface area contributed by atoms with Gasteiger partial charge in [-0.1, -0.05) is 72.8 Å². The van der Waals surface area contributed by atoms with Crippen molar-refractivity contribution in [1.82, 2.24) is 0 Å². The first-order chi connectivity index (χ1) is 24.1. The Morgan fingerprint density at radius 1 is 0.224 bits per heavy atom. The number of benzene rings is 11. The second-order valence-electron chi connectivity index (χ2n) is 13.6. The summed E-state index contributed by atoms with van der Waals surface area (Å²) in [5.41, 5.74) is 1.90. The zero-order valence-corrected chi connectivity index (χ0v) is 26.5. The van der Waals surface area contributed by atoms with Crippen LogP contribution >= 0.6 is 0 Å². The molecule has 0 fully saturated rings. The van der Waals surface area contributed by atoms with Crippen LogP contribution in [0.25, 0.3) is 108 Å². The van der Waals surface area contributed by atoms with Crippen LogP contribution in [0.3, 0.4) is 0 Å². The Kier molecular flexibility index (Phi) is 5.32. The minimum Gasteiger partial charge on any atom is -0.507 e. The second kappa shape index (κ2) is 9.79. The zero-order chi connectivity index (χ0) is 32.2. The molecule has 0 saturated heterocycles. The summed E-state index contributed by atoms with van der Waals surface area (Å²) in [6.07, 6.45) is 0. The van der Waals surface area contributed by atoms with E-state index < -0.39 is 0 Å². The van der Waals surface area contributed by atoms with Gasteiger partial charge >= 0.3 is 0 Å². The molecule has 0 atom stereocenters. The average molecular weight is 621 g/mol. The molecular formula is C48H28O. The van der Waals surface area contributed by atoms with E-state index in [1.807, 2.05) is 18.2 Å². The fourth-order valence-corrected chi connectivity index (χ4v) is 8.22. The molecule has 0 saturated carbocycles. The summed E-state index contributed by atoms with van der Waals surface area (Å²) >= 11 is 0. The van der Waals surface area contributed by atoms with Crippen LogP contribution in [-0.4, -0.2) is 5.11 Å². The third kappa shape index (κ3) is 4.06. The molecule has 0 aliphatic heterocycles. The predicted molar refractivity (Wildman–Crippen MR) is 211 cm³/mol. The van der Waals surface area contributed by atoms with E-state index in [-0.39, 0.29) is 0 Å². The van der Waals surface area contributed by atoms with Crippen LogP contribution in [0.1, 0.15) is 0 Å². The first-order valence-corrected chi connectivity index (χ1v) is 16.9. The highest BCUT2D eigenvalue weighted by atomic mass is 16.3. The lowest BCUT2D eigenvalue weighted by molar-refractivity contribution is 0.477. The fraction of sp³-hybridized carbons (Fsp3) is 0. The van der Waals surface area contributed by atoms with Gasteiger partial charge in [0.25, 0.3) is 0 Å². The number of hydrogen-bond donors (Lipinski definition) is 1. The lowest BCUT2D eigenvalue weighted by Gasteiger charge is -2.12. The fourth-order valence-electron chi connectivity index (χ4n) is 8.22. The molecular weight excluding hydrogens is 593 g/mol. The van der Waals surface area contributed by atoms with Crippen LogP contribution in [0.5, 0.6) is 5.75 Å². The summed E-state index contributed by atoms with van der Waals surface area (Å²) < 4.78 is 0. The Morgan fingerprint density at radius 2 is 0.551 bits per heavy atom. The second-order valence-corrected chi connectivity index (χ2v) is 13.6. The molecule has 11 aromatic rings. The van der Waals surface area contributed by atoms with Crippen LogP contribution in [0.15, 0.2) is 164 Å². The number of fused-ring (bicyclic) bond motifs is 10. The number of rotatable bonds is 1. The van der Waals surface area contributed by atoms with Crippen molar-refractivity contribution in [2.24, 2.45) is 0 Å². The standard InChI is InChI=1S/C48H28O/c49-48-11-4-3-9-44(48)43-10-5-8-30-16-35-21-36-17-31-12-13-32-18-37-22-38-19-33-14-28-6-1-2-7-29(28)15-34(33)20-39(38)23-40(37)26-46(32)47(31)27-42(36)24-41(35)25-45(30)43/h1-27,49H. The van der Waals surface area contributed by atoms with Crippen molar-refractivity contribution in [3.05, 3.63) is 164 Å². The largest absolute Gasteiger partial charge is 0.507 e. The van der Waals surface area contributed by atoms with Crippen LogP contribution in [-0.2, 0) is 0 Å². The van der Waals surface area contributed by atoms with E-state index >= 15 is 0 Å². The highest BCUT2D eigenvalue weighted by molar-refractivity contribution is 6.18. The Hall–Kier alpha value is -6.44.